The van der Waals surface area contributed by atoms with Crippen LogP contribution in [-0.2, 0) is 11.3 Å². The van der Waals surface area contributed by atoms with Gasteiger partial charge in [0.05, 0.1) is 9.88 Å². The first-order valence-electron chi connectivity index (χ1n) is 8.27. The molecule has 3 rings (SSSR count). The molecule has 1 aromatic carbocycles. The molecule has 2 aromatic rings. The summed E-state index contributed by atoms with van der Waals surface area (Å²) in [5, 5.41) is 8.92. The van der Waals surface area contributed by atoms with Crippen LogP contribution in [0.25, 0.3) is 0 Å². The molecule has 4 amide bonds. The number of hydrogen-bond acceptors (Lipinski definition) is 4. The number of urea groups is 1. The topological polar surface area (TPSA) is 113 Å². The third kappa shape index (κ3) is 4.60. The van der Waals surface area contributed by atoms with Crippen molar-refractivity contribution in [3.05, 3.63) is 46.3 Å². The van der Waals surface area contributed by atoms with E-state index in [2.05, 4.69) is 16.0 Å². The van der Waals surface area contributed by atoms with Crippen molar-refractivity contribution in [3.63, 3.8) is 0 Å². The average Bonchev–Trinajstić information content (AvgIpc) is 3.37. The van der Waals surface area contributed by atoms with Crippen LogP contribution >= 0.6 is 11.3 Å². The smallest absolute Gasteiger partial charge is 0.316 e. The summed E-state index contributed by atoms with van der Waals surface area (Å²) in [6, 6.07) is 8.23. The summed E-state index contributed by atoms with van der Waals surface area (Å²) in [6.45, 7) is 2.21. The van der Waals surface area contributed by atoms with Gasteiger partial charge in [-0.15, -0.1) is 11.3 Å². The van der Waals surface area contributed by atoms with Gasteiger partial charge in [0.25, 0.3) is 5.91 Å². The highest BCUT2D eigenvalue weighted by molar-refractivity contribution is 7.18. The maximum absolute atomic E-state index is 12.4. The van der Waals surface area contributed by atoms with Crippen molar-refractivity contribution in [1.82, 2.24) is 5.32 Å². The third-order valence-corrected chi connectivity index (χ3v) is 5.14. The van der Waals surface area contributed by atoms with Crippen molar-refractivity contribution in [3.8, 4) is 0 Å². The Labute approximate surface area is 155 Å². The van der Waals surface area contributed by atoms with Crippen molar-refractivity contribution >= 4 is 39.9 Å². The van der Waals surface area contributed by atoms with Crippen molar-refractivity contribution in [1.29, 1.82) is 0 Å². The van der Waals surface area contributed by atoms with Gasteiger partial charge in [0.2, 0.25) is 5.91 Å². The number of anilines is 2. The van der Waals surface area contributed by atoms with Crippen molar-refractivity contribution < 1.29 is 14.4 Å². The number of benzene rings is 1. The maximum atomic E-state index is 12.4. The van der Waals surface area contributed by atoms with E-state index in [1.807, 2.05) is 13.0 Å². The molecule has 8 heteroatoms. The number of nitrogens with two attached hydrogens (primary N) is 1. The SMILES string of the molecule is Cc1cc(NC(=O)C2CC2)sc1C(=O)NCc1ccc(NC(N)=O)cc1. The molecule has 1 fully saturated rings. The minimum absolute atomic E-state index is 0.0304. The Morgan fingerprint density at radius 3 is 2.46 bits per heavy atom. The second-order valence-corrected chi connectivity index (χ2v) is 7.31. The molecule has 0 unspecified atom stereocenters. The Morgan fingerprint density at radius 2 is 1.85 bits per heavy atom. The summed E-state index contributed by atoms with van der Waals surface area (Å²) in [5.41, 5.74) is 7.38. The zero-order chi connectivity index (χ0) is 18.7. The molecule has 1 saturated carbocycles. The van der Waals surface area contributed by atoms with E-state index in [1.165, 1.54) is 11.3 Å². The lowest BCUT2D eigenvalue weighted by Crippen LogP contribution is -2.22. The normalized spacial score (nSPS) is 13.1. The van der Waals surface area contributed by atoms with Crippen molar-refractivity contribution in [2.45, 2.75) is 26.3 Å². The molecule has 1 aliphatic rings. The number of carbonyl (C=O) groups excluding carboxylic acids is 3. The van der Waals surface area contributed by atoms with Crippen LogP contribution in [0.15, 0.2) is 30.3 Å². The largest absolute Gasteiger partial charge is 0.351 e. The summed E-state index contributed by atoms with van der Waals surface area (Å²) >= 11 is 1.28. The van der Waals surface area contributed by atoms with Gasteiger partial charge in [0.15, 0.2) is 0 Å². The summed E-state index contributed by atoms with van der Waals surface area (Å²) in [5.74, 6) is -0.0247. The second-order valence-electron chi connectivity index (χ2n) is 6.26. The Balaban J connectivity index is 1.56. The van der Waals surface area contributed by atoms with Crippen molar-refractivity contribution in [2.24, 2.45) is 11.7 Å². The van der Waals surface area contributed by atoms with E-state index in [9.17, 15) is 14.4 Å². The molecule has 0 saturated heterocycles. The molecule has 1 aliphatic carbocycles. The molecular formula is C18H20N4O3S. The molecule has 7 nitrogen and oxygen atoms in total. The summed E-state index contributed by atoms with van der Waals surface area (Å²) in [7, 11) is 0. The molecule has 1 aromatic heterocycles. The second kappa shape index (κ2) is 7.57. The number of hydrogen-bond donors (Lipinski definition) is 4. The van der Waals surface area contributed by atoms with E-state index in [-0.39, 0.29) is 17.7 Å². The van der Waals surface area contributed by atoms with Gasteiger partial charge in [0, 0.05) is 18.2 Å². The molecule has 0 radical (unpaired) electrons. The zero-order valence-corrected chi connectivity index (χ0v) is 15.1. The van der Waals surface area contributed by atoms with Gasteiger partial charge in [-0.05, 0) is 49.1 Å². The van der Waals surface area contributed by atoms with Crippen molar-refractivity contribution in [2.75, 3.05) is 10.6 Å². The predicted molar refractivity (Wildman–Crippen MR) is 101 cm³/mol. The first-order valence-corrected chi connectivity index (χ1v) is 9.09. The van der Waals surface area contributed by atoms with Gasteiger partial charge in [-0.3, -0.25) is 9.59 Å². The minimum Gasteiger partial charge on any atom is -0.351 e. The molecule has 136 valence electrons. The van der Waals surface area contributed by atoms with Gasteiger partial charge in [-0.2, -0.15) is 0 Å². The molecule has 0 atom stereocenters. The predicted octanol–water partition coefficient (Wildman–Crippen LogP) is 2.83. The van der Waals surface area contributed by atoms with E-state index in [1.54, 1.807) is 24.3 Å². The Hall–Kier alpha value is -2.87. The van der Waals surface area contributed by atoms with Gasteiger partial charge in [-0.1, -0.05) is 12.1 Å². The molecule has 5 N–H and O–H groups in total. The Kier molecular flexibility index (Phi) is 5.22. The fourth-order valence-electron chi connectivity index (χ4n) is 2.45. The minimum atomic E-state index is -0.621. The molecule has 0 spiro atoms. The summed E-state index contributed by atoms with van der Waals surface area (Å²) in [6.07, 6.45) is 1.88. The number of carbonyl (C=O) groups is 3. The number of rotatable bonds is 6. The van der Waals surface area contributed by atoms with Crippen LogP contribution < -0.4 is 21.7 Å². The highest BCUT2D eigenvalue weighted by Crippen LogP contribution is 2.32. The molecule has 1 heterocycles. The standard InChI is InChI=1S/C18H20N4O3S/c1-10-8-14(22-16(23)12-4-5-12)26-15(10)17(24)20-9-11-2-6-13(7-3-11)21-18(19)25/h2-3,6-8,12H,4-5,9H2,1H3,(H,20,24)(H,22,23)(H3,19,21,25). The molecular weight excluding hydrogens is 352 g/mol. The fourth-order valence-corrected chi connectivity index (χ4v) is 3.44. The van der Waals surface area contributed by atoms with Gasteiger partial charge < -0.3 is 21.7 Å². The van der Waals surface area contributed by atoms with Crippen LogP contribution in [0, 0.1) is 12.8 Å². The van der Waals surface area contributed by atoms with E-state index in [0.717, 1.165) is 24.0 Å². The summed E-state index contributed by atoms with van der Waals surface area (Å²) < 4.78 is 0. The highest BCUT2D eigenvalue weighted by atomic mass is 32.1. The average molecular weight is 372 g/mol. The van der Waals surface area contributed by atoms with Crippen LogP contribution in [0.5, 0.6) is 0 Å². The van der Waals surface area contributed by atoms with Gasteiger partial charge >= 0.3 is 6.03 Å². The maximum Gasteiger partial charge on any atom is 0.316 e. The number of nitrogens with one attached hydrogen (secondary N) is 3. The summed E-state index contributed by atoms with van der Waals surface area (Å²) in [4.78, 5) is 35.6. The number of aryl methyl sites for hydroxylation is 1. The lowest BCUT2D eigenvalue weighted by atomic mass is 10.2. The highest BCUT2D eigenvalue weighted by Gasteiger charge is 2.30. The lowest BCUT2D eigenvalue weighted by molar-refractivity contribution is -0.117. The molecule has 0 aliphatic heterocycles. The van der Waals surface area contributed by atoms with Gasteiger partial charge in [0.1, 0.15) is 0 Å². The van der Waals surface area contributed by atoms with Crippen LogP contribution in [0.3, 0.4) is 0 Å². The first kappa shape index (κ1) is 17.9. The number of amides is 4. The number of primary amides is 1. The first-order chi connectivity index (χ1) is 12.4. The Morgan fingerprint density at radius 1 is 1.15 bits per heavy atom. The quantitative estimate of drug-likeness (QED) is 0.625. The van der Waals surface area contributed by atoms with Crippen LogP contribution in [0.4, 0.5) is 15.5 Å². The van der Waals surface area contributed by atoms with E-state index in [4.69, 9.17) is 5.73 Å². The lowest BCUT2D eigenvalue weighted by Gasteiger charge is -2.06. The monoisotopic (exact) mass is 372 g/mol. The zero-order valence-electron chi connectivity index (χ0n) is 14.3. The van der Waals surface area contributed by atoms with Crippen LogP contribution in [0.2, 0.25) is 0 Å². The van der Waals surface area contributed by atoms with Gasteiger partial charge in [-0.25, -0.2) is 4.79 Å². The molecule has 0 bridgehead atoms. The Bertz CT molecular complexity index is 841. The van der Waals surface area contributed by atoms with E-state index in [0.29, 0.717) is 22.1 Å². The van der Waals surface area contributed by atoms with Crippen LogP contribution in [-0.4, -0.2) is 17.8 Å². The third-order valence-electron chi connectivity index (χ3n) is 3.99. The van der Waals surface area contributed by atoms with Crippen LogP contribution in [0.1, 0.15) is 33.6 Å². The fraction of sp³-hybridized carbons (Fsp3) is 0.278. The number of thiophene rings is 1. The molecule has 26 heavy (non-hydrogen) atoms. The van der Waals surface area contributed by atoms with E-state index < -0.39 is 6.03 Å². The van der Waals surface area contributed by atoms with E-state index >= 15 is 0 Å².